The first-order valence-corrected chi connectivity index (χ1v) is 17.5. The summed E-state index contributed by atoms with van der Waals surface area (Å²) in [7, 11) is 0. The molecule has 1 aromatic carbocycles. The average molecular weight is 635 g/mol. The number of aliphatic hydroxyl groups excluding tert-OH is 2. The van der Waals surface area contributed by atoms with Crippen molar-refractivity contribution in [1.29, 1.82) is 0 Å². The number of benzene rings is 1. The highest BCUT2D eigenvalue weighted by molar-refractivity contribution is 5.87. The second-order valence-electron chi connectivity index (χ2n) is 16.8. The van der Waals surface area contributed by atoms with E-state index in [4.69, 9.17) is 4.74 Å². The number of carboxylic acids is 1. The third-order valence-corrected chi connectivity index (χ3v) is 15.0. The molecule has 0 bridgehead atoms. The van der Waals surface area contributed by atoms with Crippen molar-refractivity contribution in [3.8, 4) is 5.75 Å². The Kier molecular flexibility index (Phi) is 8.12. The summed E-state index contributed by atoms with van der Waals surface area (Å²) < 4.78 is 5.98. The number of aliphatic hydroxyl groups is 2. The number of phenols is 1. The molecule has 0 aliphatic heterocycles. The van der Waals surface area contributed by atoms with E-state index in [-0.39, 0.29) is 46.4 Å². The molecule has 0 amide bonds. The van der Waals surface area contributed by atoms with Crippen LogP contribution < -0.4 is 0 Å². The summed E-state index contributed by atoms with van der Waals surface area (Å²) >= 11 is 0. The van der Waals surface area contributed by atoms with Gasteiger partial charge < -0.3 is 25.2 Å². The van der Waals surface area contributed by atoms with Crippen LogP contribution in [0.2, 0.25) is 0 Å². The van der Waals surface area contributed by atoms with Gasteiger partial charge in [0.2, 0.25) is 0 Å². The zero-order valence-corrected chi connectivity index (χ0v) is 28.5. The van der Waals surface area contributed by atoms with Crippen molar-refractivity contribution in [3.63, 3.8) is 0 Å². The second-order valence-corrected chi connectivity index (χ2v) is 16.8. The number of rotatable bonds is 5. The van der Waals surface area contributed by atoms with Crippen molar-refractivity contribution in [2.75, 3.05) is 6.61 Å². The maximum atomic E-state index is 13.1. The van der Waals surface area contributed by atoms with Crippen molar-refractivity contribution in [2.45, 2.75) is 105 Å². The third kappa shape index (κ3) is 4.57. The SMILES string of the molecule is C[C@H]1[C@H](C)CC[C@]2(C(=O)O)CC[C@]3(C)C(=CC[C@@H]4[C@@]5(C)C[C@@H](O)[C@H](OC(=O)/C=C/c6ccc(O)cc6)[C@@](C)(CO)[C@@H]5CC[C@]43C)[C@H]12. The minimum Gasteiger partial charge on any atom is -0.508 e. The summed E-state index contributed by atoms with van der Waals surface area (Å²) in [5, 5.41) is 43.0. The van der Waals surface area contributed by atoms with E-state index in [0.717, 1.165) is 44.1 Å². The summed E-state index contributed by atoms with van der Waals surface area (Å²) in [6.07, 6.45) is 9.93. The van der Waals surface area contributed by atoms with Gasteiger partial charge in [0.05, 0.1) is 18.1 Å². The smallest absolute Gasteiger partial charge is 0.331 e. The first kappa shape index (κ1) is 33.3. The maximum Gasteiger partial charge on any atom is 0.331 e. The van der Waals surface area contributed by atoms with E-state index in [1.807, 2.05) is 6.92 Å². The molecule has 4 saturated carbocycles. The number of ether oxygens (including phenoxy) is 1. The number of fused-ring (bicyclic) bond motifs is 7. The van der Waals surface area contributed by atoms with Crippen molar-refractivity contribution >= 4 is 18.0 Å². The Labute approximate surface area is 274 Å². The van der Waals surface area contributed by atoms with Crippen LogP contribution >= 0.6 is 0 Å². The van der Waals surface area contributed by atoms with Crippen molar-refractivity contribution in [2.24, 2.45) is 56.7 Å². The Morgan fingerprint density at radius 1 is 0.978 bits per heavy atom. The molecule has 0 radical (unpaired) electrons. The Balaban J connectivity index is 1.32. The average Bonchev–Trinajstić information content (AvgIpc) is 3.00. The van der Waals surface area contributed by atoms with Gasteiger partial charge in [-0.25, -0.2) is 4.79 Å². The van der Waals surface area contributed by atoms with Crippen LogP contribution in [0.25, 0.3) is 6.08 Å². The van der Waals surface area contributed by atoms with Gasteiger partial charge >= 0.3 is 11.9 Å². The number of carbonyl (C=O) groups is 2. The number of esters is 1. The second kappa shape index (κ2) is 11.2. The van der Waals surface area contributed by atoms with E-state index in [1.54, 1.807) is 30.3 Å². The molecule has 0 unspecified atom stereocenters. The molecule has 1 aromatic rings. The van der Waals surface area contributed by atoms with E-state index in [2.05, 4.69) is 40.7 Å². The van der Waals surface area contributed by atoms with Crippen LogP contribution in [0.4, 0.5) is 0 Å². The number of aromatic hydroxyl groups is 1. The van der Waals surface area contributed by atoms with Gasteiger partial charge in [-0.15, -0.1) is 0 Å². The van der Waals surface area contributed by atoms with Gasteiger partial charge in [-0.1, -0.05) is 65.3 Å². The van der Waals surface area contributed by atoms with E-state index < -0.39 is 35.0 Å². The number of allylic oxidation sites excluding steroid dienone is 2. The molecule has 0 aromatic heterocycles. The van der Waals surface area contributed by atoms with Crippen molar-refractivity contribution < 1.29 is 34.8 Å². The highest BCUT2D eigenvalue weighted by Crippen LogP contribution is 2.75. The summed E-state index contributed by atoms with van der Waals surface area (Å²) in [5.41, 5.74) is 0.0232. The molecule has 0 saturated heterocycles. The van der Waals surface area contributed by atoms with Crippen LogP contribution in [0.1, 0.15) is 98.5 Å². The summed E-state index contributed by atoms with van der Waals surface area (Å²) in [6.45, 7) is 13.5. The van der Waals surface area contributed by atoms with Gasteiger partial charge in [0, 0.05) is 11.5 Å². The van der Waals surface area contributed by atoms with Crippen molar-refractivity contribution in [3.05, 3.63) is 47.6 Å². The highest BCUT2D eigenvalue weighted by Gasteiger charge is 2.71. The van der Waals surface area contributed by atoms with Crippen LogP contribution in [-0.4, -0.2) is 51.2 Å². The molecule has 6 rings (SSSR count). The van der Waals surface area contributed by atoms with Crippen LogP contribution in [0, 0.1) is 56.7 Å². The number of carbonyl (C=O) groups excluding carboxylic acids is 1. The molecule has 12 atom stereocenters. The molecule has 7 nitrogen and oxygen atoms in total. The lowest BCUT2D eigenvalue weighted by Crippen LogP contribution is -2.68. The van der Waals surface area contributed by atoms with Crippen molar-refractivity contribution in [1.82, 2.24) is 0 Å². The molecule has 5 aliphatic rings. The number of phenolic OH excluding ortho intramolecular Hbond substituents is 1. The quantitative estimate of drug-likeness (QED) is 0.156. The lowest BCUT2D eigenvalue weighted by atomic mass is 9.33. The molecule has 4 fully saturated rings. The van der Waals surface area contributed by atoms with Gasteiger partial charge in [0.25, 0.3) is 0 Å². The topological polar surface area (TPSA) is 124 Å². The van der Waals surface area contributed by atoms with E-state index in [0.29, 0.717) is 24.7 Å². The lowest BCUT2D eigenvalue weighted by molar-refractivity contribution is -0.249. The predicted molar refractivity (Wildman–Crippen MR) is 176 cm³/mol. The van der Waals surface area contributed by atoms with E-state index >= 15 is 0 Å². The fraction of sp³-hybridized carbons (Fsp3) is 0.692. The fourth-order valence-electron chi connectivity index (χ4n) is 12.1. The van der Waals surface area contributed by atoms with Crippen LogP contribution in [0.3, 0.4) is 0 Å². The van der Waals surface area contributed by atoms with Gasteiger partial charge in [-0.05, 0) is 121 Å². The Morgan fingerprint density at radius 2 is 1.67 bits per heavy atom. The lowest BCUT2D eigenvalue weighted by Gasteiger charge is -2.71. The summed E-state index contributed by atoms with van der Waals surface area (Å²) in [5.74, 6) is 0.0165. The molecule has 7 heteroatoms. The normalized spacial score (nSPS) is 46.7. The fourth-order valence-corrected chi connectivity index (χ4v) is 12.1. The standard InChI is InChI=1S/C39H54O7/c1-23-15-18-39(34(44)45)20-19-37(5)27(32(39)24(23)2)12-13-30-35(3)21-28(42)33(36(4,22-40)29(35)16-17-38(30,37)6)46-31(43)14-9-25-7-10-26(41)11-8-25/h7-12,14,23-24,28-30,32-33,40-42H,13,15-22H2,1-6H3,(H,44,45)/b14-9+/t23-,24+,28-,29-,30-,32+,33+,35+,36+,37-,38-,39+/m1/s1. The minimum atomic E-state index is -0.935. The Hall–Kier alpha value is -2.64. The Bertz CT molecular complexity index is 1430. The Morgan fingerprint density at radius 3 is 2.33 bits per heavy atom. The minimum absolute atomic E-state index is 0.0271. The number of hydrogen-bond acceptors (Lipinski definition) is 6. The monoisotopic (exact) mass is 634 g/mol. The summed E-state index contributed by atoms with van der Waals surface area (Å²) in [6, 6.07) is 6.49. The van der Waals surface area contributed by atoms with Crippen LogP contribution in [0.5, 0.6) is 5.75 Å². The first-order chi connectivity index (χ1) is 21.6. The molecule has 0 heterocycles. The van der Waals surface area contributed by atoms with Gasteiger partial charge in [0.1, 0.15) is 11.9 Å². The van der Waals surface area contributed by atoms with Crippen LogP contribution in [-0.2, 0) is 14.3 Å². The van der Waals surface area contributed by atoms with E-state index in [9.17, 15) is 30.0 Å². The largest absolute Gasteiger partial charge is 0.508 e. The maximum absolute atomic E-state index is 13.1. The number of aliphatic carboxylic acids is 1. The molecular weight excluding hydrogens is 580 g/mol. The number of hydrogen-bond donors (Lipinski definition) is 4. The third-order valence-electron chi connectivity index (χ3n) is 15.0. The van der Waals surface area contributed by atoms with Gasteiger partial charge in [0.15, 0.2) is 0 Å². The number of carboxylic acid groups (broad SMARTS) is 1. The zero-order valence-electron chi connectivity index (χ0n) is 28.5. The molecular formula is C39H54O7. The molecule has 4 N–H and O–H groups in total. The molecule has 252 valence electrons. The van der Waals surface area contributed by atoms with E-state index in [1.165, 1.54) is 11.6 Å². The van der Waals surface area contributed by atoms with Gasteiger partial charge in [-0.2, -0.15) is 0 Å². The molecule has 46 heavy (non-hydrogen) atoms. The van der Waals surface area contributed by atoms with Crippen LogP contribution in [0.15, 0.2) is 42.0 Å². The summed E-state index contributed by atoms with van der Waals surface area (Å²) in [4.78, 5) is 26.0. The predicted octanol–water partition coefficient (Wildman–Crippen LogP) is 7.00. The first-order valence-electron chi connectivity index (χ1n) is 17.5. The molecule has 0 spiro atoms. The highest BCUT2D eigenvalue weighted by atomic mass is 16.6. The van der Waals surface area contributed by atoms with Gasteiger partial charge in [-0.3, -0.25) is 4.79 Å². The zero-order chi connectivity index (χ0) is 33.4. The molecule has 5 aliphatic carbocycles.